The van der Waals surface area contributed by atoms with Crippen molar-refractivity contribution in [3.63, 3.8) is 0 Å². The van der Waals surface area contributed by atoms with Gasteiger partial charge in [0.2, 0.25) is 0 Å². The maximum absolute atomic E-state index is 13.8. The minimum Gasteiger partial charge on any atom is -0.304 e. The summed E-state index contributed by atoms with van der Waals surface area (Å²) in [5.74, 6) is 6.38. The zero-order valence-corrected chi connectivity index (χ0v) is 20.9. The SMILES string of the molecule is Cc1ccc(-c2cc(CN3CCN(C)CC3)cc(C(F)(F)F)c2)cc1C#Cc1cnc2ccccc2c1. The molecular formula is C31H28F3N3. The average molecular weight is 500 g/mol. The van der Waals surface area contributed by atoms with Crippen LogP contribution in [-0.4, -0.2) is 48.0 Å². The van der Waals surface area contributed by atoms with E-state index in [0.717, 1.165) is 59.3 Å². The summed E-state index contributed by atoms with van der Waals surface area (Å²) in [6.07, 6.45) is -2.67. The summed E-state index contributed by atoms with van der Waals surface area (Å²) in [6, 6.07) is 19.9. The van der Waals surface area contributed by atoms with Crippen molar-refractivity contribution in [3.8, 4) is 23.0 Å². The molecule has 0 bridgehead atoms. The number of benzene rings is 3. The van der Waals surface area contributed by atoms with Gasteiger partial charge in [0.25, 0.3) is 0 Å². The summed E-state index contributed by atoms with van der Waals surface area (Å²) in [5, 5.41) is 1.01. The van der Waals surface area contributed by atoms with Crippen LogP contribution in [0.2, 0.25) is 0 Å². The Bertz CT molecular complexity index is 1490. The Kier molecular flexibility index (Phi) is 7.01. The van der Waals surface area contributed by atoms with E-state index in [4.69, 9.17) is 0 Å². The number of hydrogen-bond donors (Lipinski definition) is 0. The van der Waals surface area contributed by atoms with Gasteiger partial charge in [-0.3, -0.25) is 9.88 Å². The van der Waals surface area contributed by atoms with E-state index in [-0.39, 0.29) is 0 Å². The van der Waals surface area contributed by atoms with Crippen LogP contribution in [0.5, 0.6) is 0 Å². The van der Waals surface area contributed by atoms with Crippen LogP contribution in [-0.2, 0) is 12.7 Å². The summed E-state index contributed by atoms with van der Waals surface area (Å²) < 4.78 is 41.4. The number of likely N-dealkylation sites (N-methyl/N-ethyl adjacent to an activating group) is 1. The lowest BCUT2D eigenvalue weighted by Gasteiger charge is -2.32. The number of para-hydroxylation sites is 1. The number of aryl methyl sites for hydroxylation is 1. The van der Waals surface area contributed by atoms with E-state index < -0.39 is 11.7 Å². The number of pyridine rings is 1. The highest BCUT2D eigenvalue weighted by molar-refractivity contribution is 5.79. The molecule has 0 N–H and O–H groups in total. The quantitative estimate of drug-likeness (QED) is 0.305. The zero-order chi connectivity index (χ0) is 26.0. The number of nitrogens with zero attached hydrogens (tertiary/aromatic N) is 3. The molecule has 0 spiro atoms. The third kappa shape index (κ3) is 6.02. The summed E-state index contributed by atoms with van der Waals surface area (Å²) in [5.41, 5.74) is 4.76. The van der Waals surface area contributed by atoms with Crippen molar-refractivity contribution in [2.75, 3.05) is 33.2 Å². The number of alkyl halides is 3. The van der Waals surface area contributed by atoms with Crippen LogP contribution in [0.3, 0.4) is 0 Å². The second kappa shape index (κ2) is 10.4. The van der Waals surface area contributed by atoms with E-state index in [1.165, 1.54) is 12.1 Å². The van der Waals surface area contributed by atoms with Gasteiger partial charge in [-0.1, -0.05) is 42.2 Å². The highest BCUT2D eigenvalue weighted by atomic mass is 19.4. The topological polar surface area (TPSA) is 19.4 Å². The molecule has 37 heavy (non-hydrogen) atoms. The van der Waals surface area contributed by atoms with Gasteiger partial charge in [0.1, 0.15) is 0 Å². The number of rotatable bonds is 3. The Hall–Kier alpha value is -3.66. The second-order valence-electron chi connectivity index (χ2n) is 9.69. The number of hydrogen-bond acceptors (Lipinski definition) is 3. The van der Waals surface area contributed by atoms with Gasteiger partial charge < -0.3 is 4.90 Å². The molecule has 0 amide bonds. The van der Waals surface area contributed by atoms with Crippen molar-refractivity contribution in [3.05, 3.63) is 101 Å². The molecule has 3 aromatic carbocycles. The molecule has 1 saturated heterocycles. The number of piperazine rings is 1. The van der Waals surface area contributed by atoms with Gasteiger partial charge in [0, 0.05) is 55.4 Å². The fourth-order valence-electron chi connectivity index (χ4n) is 4.59. The Morgan fingerprint density at radius 3 is 2.43 bits per heavy atom. The predicted molar refractivity (Wildman–Crippen MR) is 142 cm³/mol. The molecule has 5 rings (SSSR count). The summed E-state index contributed by atoms with van der Waals surface area (Å²) in [6.45, 7) is 5.97. The summed E-state index contributed by atoms with van der Waals surface area (Å²) in [7, 11) is 2.06. The summed E-state index contributed by atoms with van der Waals surface area (Å²) in [4.78, 5) is 8.90. The Labute approximate surface area is 215 Å². The van der Waals surface area contributed by atoms with E-state index >= 15 is 0 Å². The lowest BCUT2D eigenvalue weighted by molar-refractivity contribution is -0.137. The Morgan fingerprint density at radius 2 is 1.65 bits per heavy atom. The molecule has 3 nitrogen and oxygen atoms in total. The smallest absolute Gasteiger partial charge is 0.304 e. The fraction of sp³-hybridized carbons (Fsp3) is 0.258. The van der Waals surface area contributed by atoms with Crippen molar-refractivity contribution in [2.24, 2.45) is 0 Å². The minimum absolute atomic E-state index is 0.498. The van der Waals surface area contributed by atoms with Crippen molar-refractivity contribution in [1.82, 2.24) is 14.8 Å². The van der Waals surface area contributed by atoms with E-state index in [1.54, 1.807) is 6.20 Å². The van der Waals surface area contributed by atoms with Crippen molar-refractivity contribution in [1.29, 1.82) is 0 Å². The Balaban J connectivity index is 1.47. The monoisotopic (exact) mass is 499 g/mol. The molecule has 4 aromatic rings. The van der Waals surface area contributed by atoms with Crippen LogP contribution >= 0.6 is 0 Å². The van der Waals surface area contributed by atoms with E-state index in [0.29, 0.717) is 17.7 Å². The zero-order valence-electron chi connectivity index (χ0n) is 20.9. The second-order valence-corrected chi connectivity index (χ2v) is 9.69. The fourth-order valence-corrected chi connectivity index (χ4v) is 4.59. The van der Waals surface area contributed by atoms with Crippen LogP contribution in [0, 0.1) is 18.8 Å². The first-order valence-corrected chi connectivity index (χ1v) is 12.3. The highest BCUT2D eigenvalue weighted by Gasteiger charge is 2.31. The van der Waals surface area contributed by atoms with Crippen molar-refractivity contribution < 1.29 is 13.2 Å². The molecule has 1 fully saturated rings. The van der Waals surface area contributed by atoms with E-state index in [2.05, 4.69) is 33.7 Å². The molecular weight excluding hydrogens is 471 g/mol. The third-order valence-corrected chi connectivity index (χ3v) is 6.83. The minimum atomic E-state index is -4.41. The number of fused-ring (bicyclic) bond motifs is 1. The van der Waals surface area contributed by atoms with Crippen molar-refractivity contribution in [2.45, 2.75) is 19.6 Å². The van der Waals surface area contributed by atoms with Gasteiger partial charge in [0.05, 0.1) is 11.1 Å². The highest BCUT2D eigenvalue weighted by Crippen LogP contribution is 2.34. The largest absolute Gasteiger partial charge is 0.416 e. The maximum atomic E-state index is 13.8. The molecule has 6 heteroatoms. The molecule has 1 aliphatic heterocycles. The number of aromatic nitrogens is 1. The lowest BCUT2D eigenvalue weighted by Crippen LogP contribution is -2.43. The van der Waals surface area contributed by atoms with Gasteiger partial charge in [-0.2, -0.15) is 13.2 Å². The summed E-state index contributed by atoms with van der Waals surface area (Å²) >= 11 is 0. The first-order chi connectivity index (χ1) is 17.7. The van der Waals surface area contributed by atoms with E-state index in [1.807, 2.05) is 61.5 Å². The predicted octanol–water partition coefficient (Wildman–Crippen LogP) is 6.38. The maximum Gasteiger partial charge on any atom is 0.416 e. The standard InChI is InChI=1S/C31H28F3N3/c1-22-7-9-26(18-25(22)10-8-23-15-27-5-3-4-6-30(27)35-20-23)28-16-24(17-29(19-28)31(32,33)34)21-37-13-11-36(2)12-14-37/h3-7,9,15-20H,11-14,21H2,1-2H3. The normalized spacial score (nSPS) is 14.9. The van der Waals surface area contributed by atoms with Gasteiger partial charge in [-0.15, -0.1) is 0 Å². The van der Waals surface area contributed by atoms with Crippen LogP contribution in [0.25, 0.3) is 22.0 Å². The van der Waals surface area contributed by atoms with Gasteiger partial charge in [0.15, 0.2) is 0 Å². The molecule has 0 radical (unpaired) electrons. The van der Waals surface area contributed by atoms with Crippen LogP contribution in [0.1, 0.15) is 27.8 Å². The molecule has 0 aliphatic carbocycles. The first-order valence-electron chi connectivity index (χ1n) is 12.3. The molecule has 0 saturated carbocycles. The first kappa shape index (κ1) is 25.0. The molecule has 1 aliphatic rings. The van der Waals surface area contributed by atoms with E-state index in [9.17, 15) is 13.2 Å². The lowest BCUT2D eigenvalue weighted by atomic mass is 9.96. The van der Waals surface area contributed by atoms with Gasteiger partial charge in [-0.25, -0.2) is 0 Å². The molecule has 0 unspecified atom stereocenters. The Morgan fingerprint density at radius 1 is 0.865 bits per heavy atom. The van der Waals surface area contributed by atoms with Crippen LogP contribution in [0.15, 0.2) is 72.9 Å². The third-order valence-electron chi connectivity index (χ3n) is 6.83. The van der Waals surface area contributed by atoms with Gasteiger partial charge in [-0.05, 0) is 72.6 Å². The molecule has 2 heterocycles. The average Bonchev–Trinajstić information content (AvgIpc) is 2.89. The van der Waals surface area contributed by atoms with Crippen LogP contribution in [0.4, 0.5) is 13.2 Å². The van der Waals surface area contributed by atoms with Crippen molar-refractivity contribution >= 4 is 10.9 Å². The molecule has 188 valence electrons. The van der Waals surface area contributed by atoms with Gasteiger partial charge >= 0.3 is 6.18 Å². The number of halogens is 3. The molecule has 1 aromatic heterocycles. The molecule has 0 atom stereocenters. The van der Waals surface area contributed by atoms with Crippen LogP contribution < -0.4 is 0 Å².